The predicted octanol–water partition coefficient (Wildman–Crippen LogP) is 6.93. The molecule has 2 rings (SSSR count). The van der Waals surface area contributed by atoms with Gasteiger partial charge in [-0.25, -0.2) is 0 Å². The van der Waals surface area contributed by atoms with E-state index in [1.54, 1.807) is 0 Å². The van der Waals surface area contributed by atoms with Crippen molar-refractivity contribution in [2.75, 3.05) is 18.4 Å². The number of rotatable bonds is 13. The molecule has 1 amide bonds. The second-order valence-corrected chi connectivity index (χ2v) is 8.88. The lowest BCUT2D eigenvalue weighted by molar-refractivity contribution is 0.102. The zero-order valence-corrected chi connectivity index (χ0v) is 20.3. The minimum atomic E-state index is -0.0464. The molecule has 0 aliphatic carbocycles. The maximum Gasteiger partial charge on any atom is 0.255 e. The van der Waals surface area contributed by atoms with Crippen molar-refractivity contribution in [3.63, 3.8) is 0 Å². The molecule has 0 saturated carbocycles. The van der Waals surface area contributed by atoms with Gasteiger partial charge in [-0.2, -0.15) is 0 Å². The molecule has 0 heterocycles. The molecule has 0 aliphatic rings. The smallest absolute Gasteiger partial charge is 0.255 e. The van der Waals surface area contributed by atoms with Gasteiger partial charge in [0.2, 0.25) is 0 Å². The minimum absolute atomic E-state index is 0.0464. The highest BCUT2D eigenvalue weighted by Crippen LogP contribution is 2.25. The largest absolute Gasteiger partial charge is 0.322 e. The zero-order valence-electron chi connectivity index (χ0n) is 20.3. The van der Waals surface area contributed by atoms with Gasteiger partial charge in [0.05, 0.1) is 0 Å². The number of benzene rings is 2. The van der Waals surface area contributed by atoms with Crippen molar-refractivity contribution in [2.45, 2.75) is 73.1 Å². The standard InChI is InChI=1S/C28H42N2O/c1-6-11-25(12-7-2)24(8-3)20-29-18-17-23-15-16-27(22(5)19-23)30-28(31)26-14-10-9-13-21(26)4/h9-10,13-16,19,24-25,29H,6-8,11-12,17-18,20H2,1-5H3,(H,30,31). The van der Waals surface area contributed by atoms with Crippen LogP contribution in [0.1, 0.15) is 79.9 Å². The molecule has 0 bridgehead atoms. The summed E-state index contributed by atoms with van der Waals surface area (Å²) in [4.78, 5) is 12.6. The fourth-order valence-electron chi connectivity index (χ4n) is 4.56. The lowest BCUT2D eigenvalue weighted by Gasteiger charge is -2.26. The van der Waals surface area contributed by atoms with Crippen molar-refractivity contribution in [1.82, 2.24) is 5.32 Å². The van der Waals surface area contributed by atoms with Gasteiger partial charge in [-0.15, -0.1) is 0 Å². The van der Waals surface area contributed by atoms with Crippen molar-refractivity contribution in [1.29, 1.82) is 0 Å². The number of anilines is 1. The molecule has 0 fully saturated rings. The maximum atomic E-state index is 12.6. The van der Waals surface area contributed by atoms with Crippen molar-refractivity contribution in [3.05, 3.63) is 64.7 Å². The van der Waals surface area contributed by atoms with E-state index in [1.165, 1.54) is 37.7 Å². The molecule has 2 aromatic rings. The second kappa shape index (κ2) is 13.3. The molecule has 3 nitrogen and oxygen atoms in total. The van der Waals surface area contributed by atoms with E-state index in [1.807, 2.05) is 37.3 Å². The summed E-state index contributed by atoms with van der Waals surface area (Å²) >= 11 is 0. The van der Waals surface area contributed by atoms with E-state index in [-0.39, 0.29) is 5.91 Å². The number of aryl methyl sites for hydroxylation is 2. The van der Waals surface area contributed by atoms with E-state index in [9.17, 15) is 4.79 Å². The van der Waals surface area contributed by atoms with E-state index in [0.29, 0.717) is 0 Å². The van der Waals surface area contributed by atoms with E-state index in [2.05, 4.69) is 50.5 Å². The molecule has 0 radical (unpaired) electrons. The third-order valence-electron chi connectivity index (χ3n) is 6.44. The number of hydrogen-bond donors (Lipinski definition) is 2. The third kappa shape index (κ3) is 7.81. The van der Waals surface area contributed by atoms with Crippen LogP contribution in [0.5, 0.6) is 0 Å². The molecule has 170 valence electrons. The Morgan fingerprint density at radius 3 is 2.23 bits per heavy atom. The first-order valence-corrected chi connectivity index (χ1v) is 12.2. The number of carbonyl (C=O) groups is 1. The molecule has 0 aromatic heterocycles. The Kier molecular flexibility index (Phi) is 10.8. The molecule has 1 atom stereocenters. The lowest BCUT2D eigenvalue weighted by Crippen LogP contribution is -2.29. The zero-order chi connectivity index (χ0) is 22.6. The molecule has 31 heavy (non-hydrogen) atoms. The van der Waals surface area contributed by atoms with E-state index in [0.717, 1.165) is 53.7 Å². The fraction of sp³-hybridized carbons (Fsp3) is 0.536. The normalized spacial score (nSPS) is 12.2. The number of amides is 1. The van der Waals surface area contributed by atoms with Crippen LogP contribution in [0.2, 0.25) is 0 Å². The number of nitrogens with one attached hydrogen (secondary N) is 2. The summed E-state index contributed by atoms with van der Waals surface area (Å²) in [6, 6.07) is 14.1. The molecule has 0 aliphatic heterocycles. The molecular formula is C28H42N2O. The van der Waals surface area contributed by atoms with Gasteiger partial charge in [0, 0.05) is 11.3 Å². The van der Waals surface area contributed by atoms with Crippen LogP contribution in [0.4, 0.5) is 5.69 Å². The van der Waals surface area contributed by atoms with Gasteiger partial charge in [0.1, 0.15) is 0 Å². The summed E-state index contributed by atoms with van der Waals surface area (Å²) in [7, 11) is 0. The molecular weight excluding hydrogens is 380 g/mol. The van der Waals surface area contributed by atoms with Gasteiger partial charge in [-0.3, -0.25) is 4.79 Å². The minimum Gasteiger partial charge on any atom is -0.322 e. The highest BCUT2D eigenvalue weighted by Gasteiger charge is 2.18. The molecule has 0 saturated heterocycles. The van der Waals surface area contributed by atoms with Crippen LogP contribution in [-0.2, 0) is 6.42 Å². The highest BCUT2D eigenvalue weighted by atomic mass is 16.1. The van der Waals surface area contributed by atoms with E-state index < -0.39 is 0 Å². The van der Waals surface area contributed by atoms with E-state index >= 15 is 0 Å². The van der Waals surface area contributed by atoms with Crippen LogP contribution >= 0.6 is 0 Å². The summed E-state index contributed by atoms with van der Waals surface area (Å²) in [6.07, 6.45) is 7.54. The first-order valence-electron chi connectivity index (χ1n) is 12.2. The highest BCUT2D eigenvalue weighted by molar-refractivity contribution is 6.05. The van der Waals surface area contributed by atoms with Crippen LogP contribution in [-0.4, -0.2) is 19.0 Å². The maximum absolute atomic E-state index is 12.6. The lowest BCUT2D eigenvalue weighted by atomic mass is 9.83. The molecule has 3 heteroatoms. The average molecular weight is 423 g/mol. The Morgan fingerprint density at radius 2 is 1.61 bits per heavy atom. The number of hydrogen-bond acceptors (Lipinski definition) is 2. The van der Waals surface area contributed by atoms with Crippen molar-refractivity contribution in [3.8, 4) is 0 Å². The predicted molar refractivity (Wildman–Crippen MR) is 134 cm³/mol. The second-order valence-electron chi connectivity index (χ2n) is 8.88. The topological polar surface area (TPSA) is 41.1 Å². The summed E-state index contributed by atoms with van der Waals surface area (Å²) in [5.74, 6) is 1.58. The van der Waals surface area contributed by atoms with Gasteiger partial charge in [0.15, 0.2) is 0 Å². The first-order chi connectivity index (χ1) is 15.0. The summed E-state index contributed by atoms with van der Waals surface area (Å²) in [5.41, 5.74) is 5.02. The summed E-state index contributed by atoms with van der Waals surface area (Å²) < 4.78 is 0. The van der Waals surface area contributed by atoms with Crippen LogP contribution in [0.15, 0.2) is 42.5 Å². The van der Waals surface area contributed by atoms with Gasteiger partial charge in [0.25, 0.3) is 5.91 Å². The first kappa shape index (κ1) is 25.1. The molecule has 2 N–H and O–H groups in total. The van der Waals surface area contributed by atoms with Crippen molar-refractivity contribution in [2.24, 2.45) is 11.8 Å². The van der Waals surface area contributed by atoms with Crippen LogP contribution in [0, 0.1) is 25.7 Å². The Bertz CT molecular complexity index is 808. The Labute approximate surface area is 190 Å². The SMILES string of the molecule is CCCC(CCC)C(CC)CNCCc1ccc(NC(=O)c2ccccc2C)c(C)c1. The van der Waals surface area contributed by atoms with Gasteiger partial charge in [-0.1, -0.05) is 83.2 Å². The van der Waals surface area contributed by atoms with Crippen LogP contribution < -0.4 is 10.6 Å². The van der Waals surface area contributed by atoms with Gasteiger partial charge < -0.3 is 10.6 Å². The Morgan fingerprint density at radius 1 is 0.903 bits per heavy atom. The molecule has 0 spiro atoms. The van der Waals surface area contributed by atoms with Gasteiger partial charge >= 0.3 is 0 Å². The molecule has 2 aromatic carbocycles. The van der Waals surface area contributed by atoms with Crippen molar-refractivity contribution >= 4 is 11.6 Å². The Balaban J connectivity index is 1.86. The monoisotopic (exact) mass is 422 g/mol. The molecule has 1 unspecified atom stereocenters. The summed E-state index contributed by atoms with van der Waals surface area (Å²) in [5, 5.41) is 6.77. The van der Waals surface area contributed by atoms with Crippen LogP contribution in [0.25, 0.3) is 0 Å². The third-order valence-corrected chi connectivity index (χ3v) is 6.44. The van der Waals surface area contributed by atoms with Gasteiger partial charge in [-0.05, 0) is 74.0 Å². The quantitative estimate of drug-likeness (QED) is 0.344. The van der Waals surface area contributed by atoms with E-state index in [4.69, 9.17) is 0 Å². The summed E-state index contributed by atoms with van der Waals surface area (Å²) in [6.45, 7) is 13.1. The van der Waals surface area contributed by atoms with Crippen molar-refractivity contribution < 1.29 is 4.79 Å². The fourth-order valence-corrected chi connectivity index (χ4v) is 4.56. The average Bonchev–Trinajstić information content (AvgIpc) is 2.76. The Hall–Kier alpha value is -2.13. The number of carbonyl (C=O) groups excluding carboxylic acids is 1. The van der Waals surface area contributed by atoms with Crippen LogP contribution in [0.3, 0.4) is 0 Å².